The van der Waals surface area contributed by atoms with Crippen LogP contribution in [-0.2, 0) is 41.8 Å². The molecule has 0 radical (unpaired) electrons. The van der Waals surface area contributed by atoms with Gasteiger partial charge in [0.15, 0.2) is 0 Å². The number of rotatable bonds is 13. The molecule has 1 aliphatic rings. The van der Waals surface area contributed by atoms with Crippen LogP contribution >= 0.6 is 0 Å². The topological polar surface area (TPSA) is 111 Å². The molecule has 9 heteroatoms. The number of benzene rings is 2. The van der Waals surface area contributed by atoms with Crippen LogP contribution in [0.2, 0.25) is 0 Å². The summed E-state index contributed by atoms with van der Waals surface area (Å²) in [6.07, 6.45) is 1.25. The Morgan fingerprint density at radius 3 is 1.70 bits per heavy atom. The van der Waals surface area contributed by atoms with Gasteiger partial charge in [-0.3, -0.25) is 24.2 Å². The van der Waals surface area contributed by atoms with Gasteiger partial charge in [0, 0.05) is 50.6 Å². The predicted octanol–water partition coefficient (Wildman–Crippen LogP) is 5.49. The largest absolute Gasteiger partial charge is 0.461 e. The van der Waals surface area contributed by atoms with Crippen LogP contribution in [0.1, 0.15) is 85.3 Å². The Balaban J connectivity index is 1.69. The van der Waals surface area contributed by atoms with Crippen molar-refractivity contribution in [2.75, 3.05) is 26.2 Å². The van der Waals surface area contributed by atoms with E-state index < -0.39 is 17.2 Å². The van der Waals surface area contributed by atoms with Crippen molar-refractivity contribution in [2.45, 2.75) is 111 Å². The van der Waals surface area contributed by atoms with E-state index in [1.54, 1.807) is 0 Å². The summed E-state index contributed by atoms with van der Waals surface area (Å²) >= 11 is 0. The highest BCUT2D eigenvalue weighted by Crippen LogP contribution is 2.31. The summed E-state index contributed by atoms with van der Waals surface area (Å²) in [7, 11) is 0. The number of nitrogens with zero attached hydrogens (tertiary/aromatic N) is 2. The van der Waals surface area contributed by atoms with Crippen LogP contribution in [0.15, 0.2) is 60.7 Å². The van der Waals surface area contributed by atoms with Crippen LogP contribution in [0, 0.1) is 5.41 Å². The number of esters is 3. The van der Waals surface area contributed by atoms with Crippen LogP contribution in [0.25, 0.3) is 0 Å². The highest BCUT2D eigenvalue weighted by Gasteiger charge is 2.41. The molecule has 1 saturated heterocycles. The first kappa shape index (κ1) is 37.2. The average molecular weight is 638 g/mol. The molecule has 1 heterocycles. The number of hydrogen-bond donors (Lipinski definition) is 1. The molecule has 2 aromatic rings. The van der Waals surface area contributed by atoms with E-state index >= 15 is 0 Å². The smallest absolute Gasteiger partial charge is 0.323 e. The predicted molar refractivity (Wildman–Crippen MR) is 180 cm³/mol. The van der Waals surface area contributed by atoms with Gasteiger partial charge in [-0.1, -0.05) is 81.4 Å². The van der Waals surface area contributed by atoms with E-state index in [0.717, 1.165) is 11.1 Å². The van der Waals surface area contributed by atoms with Gasteiger partial charge in [0.2, 0.25) is 0 Å². The molecular formula is C37H55N3O6. The summed E-state index contributed by atoms with van der Waals surface area (Å²) in [6, 6.07) is 18.6. The lowest BCUT2D eigenvalue weighted by Gasteiger charge is -2.42. The zero-order valence-electron chi connectivity index (χ0n) is 28.9. The normalized spacial score (nSPS) is 19.5. The van der Waals surface area contributed by atoms with Crippen LogP contribution in [0.3, 0.4) is 0 Å². The summed E-state index contributed by atoms with van der Waals surface area (Å²) < 4.78 is 16.9. The van der Waals surface area contributed by atoms with E-state index in [-0.39, 0.29) is 55.4 Å². The minimum Gasteiger partial charge on any atom is -0.461 e. The third-order valence-corrected chi connectivity index (χ3v) is 8.09. The van der Waals surface area contributed by atoms with E-state index in [9.17, 15) is 14.4 Å². The fourth-order valence-corrected chi connectivity index (χ4v) is 6.04. The Kier molecular flexibility index (Phi) is 13.4. The Labute approximate surface area is 275 Å². The number of carbonyl (C=O) groups excluding carboxylic acids is 3. The summed E-state index contributed by atoms with van der Waals surface area (Å²) in [4.78, 5) is 43.5. The lowest BCUT2D eigenvalue weighted by Crippen LogP contribution is -2.56. The Hall–Kier alpha value is -3.27. The highest BCUT2D eigenvalue weighted by molar-refractivity contribution is 5.77. The standard InChI is InChI=1S/C37H55N3O6/c1-35(2,3)31(19-21-33(42)45-25-29-16-12-9-13-17-29)40-23-22-39(26-37(7,38)27-40)30(34(43)46-36(4,5)6)18-20-32(41)44-24-28-14-10-8-11-15-28/h8-17,30-31H,18-27,38H2,1-7H3. The second-order valence-electron chi connectivity index (χ2n) is 14.9. The maximum atomic E-state index is 13.6. The highest BCUT2D eigenvalue weighted by atomic mass is 16.6. The Morgan fingerprint density at radius 1 is 0.761 bits per heavy atom. The SMILES string of the molecule is CC1(N)CN(C(CCC(=O)OCc2ccccc2)C(=O)OC(C)(C)C)CCN(C(CCC(=O)OCc2ccccc2)C(C)(C)C)C1. The van der Waals surface area contributed by atoms with Gasteiger partial charge in [-0.15, -0.1) is 0 Å². The molecule has 0 amide bonds. The molecule has 46 heavy (non-hydrogen) atoms. The van der Waals surface area contributed by atoms with Crippen molar-refractivity contribution in [1.82, 2.24) is 9.80 Å². The van der Waals surface area contributed by atoms with Gasteiger partial charge >= 0.3 is 17.9 Å². The van der Waals surface area contributed by atoms with Crippen molar-refractivity contribution in [1.29, 1.82) is 0 Å². The minimum absolute atomic E-state index is 0.0486. The van der Waals surface area contributed by atoms with E-state index in [2.05, 4.69) is 30.6 Å². The molecule has 0 aliphatic carbocycles. The Bertz CT molecular complexity index is 1250. The third-order valence-electron chi connectivity index (χ3n) is 8.09. The summed E-state index contributed by atoms with van der Waals surface area (Å²) in [5.41, 5.74) is 7.30. The lowest BCUT2D eigenvalue weighted by molar-refractivity contribution is -0.162. The van der Waals surface area contributed by atoms with Crippen molar-refractivity contribution in [3.05, 3.63) is 71.8 Å². The molecule has 254 valence electrons. The molecule has 0 saturated carbocycles. The van der Waals surface area contributed by atoms with Gasteiger partial charge in [-0.2, -0.15) is 0 Å². The maximum Gasteiger partial charge on any atom is 0.323 e. The van der Waals surface area contributed by atoms with E-state index in [4.69, 9.17) is 19.9 Å². The summed E-state index contributed by atoms with van der Waals surface area (Å²) in [5.74, 6) is -0.966. The van der Waals surface area contributed by atoms with Gasteiger partial charge in [-0.25, -0.2) is 0 Å². The van der Waals surface area contributed by atoms with Crippen LogP contribution in [0.4, 0.5) is 0 Å². The number of hydrogen-bond acceptors (Lipinski definition) is 9. The first-order valence-electron chi connectivity index (χ1n) is 16.4. The van der Waals surface area contributed by atoms with E-state index in [1.807, 2.05) is 88.4 Å². The van der Waals surface area contributed by atoms with Crippen molar-refractivity contribution in [2.24, 2.45) is 11.1 Å². The van der Waals surface area contributed by atoms with Gasteiger partial charge in [0.1, 0.15) is 24.9 Å². The van der Waals surface area contributed by atoms with Gasteiger partial charge in [0.25, 0.3) is 0 Å². The van der Waals surface area contributed by atoms with Gasteiger partial charge in [0.05, 0.1) is 0 Å². The zero-order valence-corrected chi connectivity index (χ0v) is 28.9. The molecule has 1 aliphatic heterocycles. The first-order valence-corrected chi connectivity index (χ1v) is 16.4. The molecule has 3 unspecified atom stereocenters. The minimum atomic E-state index is -0.681. The quantitative estimate of drug-likeness (QED) is 0.225. The third kappa shape index (κ3) is 12.9. The number of ether oxygens (including phenoxy) is 3. The monoisotopic (exact) mass is 637 g/mol. The second-order valence-corrected chi connectivity index (χ2v) is 14.9. The molecule has 2 N–H and O–H groups in total. The van der Waals surface area contributed by atoms with Gasteiger partial charge in [-0.05, 0) is 57.1 Å². The van der Waals surface area contributed by atoms with Crippen molar-refractivity contribution in [3.8, 4) is 0 Å². The molecule has 3 rings (SSSR count). The second kappa shape index (κ2) is 16.5. The molecular weight excluding hydrogens is 582 g/mol. The Morgan fingerprint density at radius 2 is 1.22 bits per heavy atom. The maximum absolute atomic E-state index is 13.6. The van der Waals surface area contributed by atoms with Gasteiger partial charge < -0.3 is 19.9 Å². The molecule has 0 aromatic heterocycles. The number of carbonyl (C=O) groups is 3. The van der Waals surface area contributed by atoms with E-state index in [1.165, 1.54) is 0 Å². The zero-order chi connectivity index (χ0) is 34.0. The summed E-state index contributed by atoms with van der Waals surface area (Å²) in [6.45, 7) is 16.7. The average Bonchev–Trinajstić information content (AvgIpc) is 3.12. The van der Waals surface area contributed by atoms with Crippen molar-refractivity contribution >= 4 is 17.9 Å². The van der Waals surface area contributed by atoms with E-state index in [0.29, 0.717) is 39.0 Å². The fraction of sp³-hybridized carbons (Fsp3) is 0.595. The molecule has 0 spiro atoms. The van der Waals surface area contributed by atoms with Crippen molar-refractivity contribution < 1.29 is 28.6 Å². The van der Waals surface area contributed by atoms with Crippen LogP contribution in [-0.4, -0.2) is 77.1 Å². The first-order chi connectivity index (χ1) is 21.5. The molecule has 0 bridgehead atoms. The fourth-order valence-electron chi connectivity index (χ4n) is 6.04. The molecule has 1 fully saturated rings. The lowest BCUT2D eigenvalue weighted by atomic mass is 9.82. The van der Waals surface area contributed by atoms with Crippen molar-refractivity contribution in [3.63, 3.8) is 0 Å². The molecule has 2 aromatic carbocycles. The summed E-state index contributed by atoms with van der Waals surface area (Å²) in [5, 5.41) is 0. The molecule has 9 nitrogen and oxygen atoms in total. The van der Waals surface area contributed by atoms with Crippen LogP contribution in [0.5, 0.6) is 0 Å². The number of nitrogens with two attached hydrogens (primary N) is 1. The van der Waals surface area contributed by atoms with Crippen LogP contribution < -0.4 is 5.73 Å². The molecule has 3 atom stereocenters.